The van der Waals surface area contributed by atoms with Crippen molar-refractivity contribution in [2.75, 3.05) is 4.90 Å². The Morgan fingerprint density at radius 2 is 1.02 bits per heavy atom. The molecule has 258 valence electrons. The highest BCUT2D eigenvalue weighted by molar-refractivity contribution is 7.26. The lowest BCUT2D eigenvalue weighted by atomic mass is 9.95. The summed E-state index contributed by atoms with van der Waals surface area (Å²) < 4.78 is 8.84. The molecular formula is C52H33NOS. The number of thiophene rings is 1. The molecule has 0 unspecified atom stereocenters. The van der Waals surface area contributed by atoms with Gasteiger partial charge in [-0.05, 0) is 93.2 Å². The highest BCUT2D eigenvalue weighted by Crippen LogP contribution is 2.48. The molecule has 0 N–H and O–H groups in total. The Morgan fingerprint density at radius 3 is 1.91 bits per heavy atom. The zero-order valence-electron chi connectivity index (χ0n) is 29.8. The van der Waals surface area contributed by atoms with Crippen LogP contribution in [0.2, 0.25) is 0 Å². The number of fused-ring (bicyclic) bond motifs is 7. The van der Waals surface area contributed by atoms with Crippen LogP contribution in [0.5, 0.6) is 0 Å². The summed E-state index contributed by atoms with van der Waals surface area (Å²) >= 11 is 1.85. The molecule has 0 aliphatic carbocycles. The molecule has 0 radical (unpaired) electrons. The van der Waals surface area contributed by atoms with Gasteiger partial charge in [0.2, 0.25) is 0 Å². The normalized spacial score (nSPS) is 11.6. The van der Waals surface area contributed by atoms with Crippen molar-refractivity contribution in [3.05, 3.63) is 200 Å². The summed E-state index contributed by atoms with van der Waals surface area (Å²) in [4.78, 5) is 2.48. The molecule has 2 nitrogen and oxygen atoms in total. The summed E-state index contributed by atoms with van der Waals surface area (Å²) in [6.07, 6.45) is 0. The molecule has 11 rings (SSSR count). The van der Waals surface area contributed by atoms with Gasteiger partial charge >= 0.3 is 0 Å². The topological polar surface area (TPSA) is 16.4 Å². The molecule has 55 heavy (non-hydrogen) atoms. The van der Waals surface area contributed by atoms with Crippen LogP contribution >= 0.6 is 11.3 Å². The third-order valence-electron chi connectivity index (χ3n) is 10.9. The average Bonchev–Trinajstić information content (AvgIpc) is 3.83. The van der Waals surface area contributed by atoms with E-state index in [1.54, 1.807) is 0 Å². The maximum Gasteiger partial charge on any atom is 0.136 e. The zero-order chi connectivity index (χ0) is 36.3. The van der Waals surface area contributed by atoms with Gasteiger partial charge in [-0.2, -0.15) is 0 Å². The van der Waals surface area contributed by atoms with E-state index in [2.05, 4.69) is 193 Å². The molecule has 0 bridgehead atoms. The highest BCUT2D eigenvalue weighted by Gasteiger charge is 2.23. The predicted octanol–water partition coefficient (Wildman–Crippen LogP) is 15.6. The molecule has 0 spiro atoms. The maximum absolute atomic E-state index is 6.28. The van der Waals surface area contributed by atoms with Crippen LogP contribution in [0.1, 0.15) is 0 Å². The summed E-state index contributed by atoms with van der Waals surface area (Å²) in [5.41, 5.74) is 12.2. The minimum Gasteiger partial charge on any atom is -0.456 e. The van der Waals surface area contributed by atoms with E-state index in [4.69, 9.17) is 4.42 Å². The number of hydrogen-bond donors (Lipinski definition) is 0. The highest BCUT2D eigenvalue weighted by atomic mass is 32.1. The van der Waals surface area contributed by atoms with E-state index in [0.717, 1.165) is 50.1 Å². The first-order valence-corrected chi connectivity index (χ1v) is 19.5. The predicted molar refractivity (Wildman–Crippen MR) is 235 cm³/mol. The van der Waals surface area contributed by atoms with E-state index in [0.29, 0.717) is 0 Å². The second kappa shape index (κ2) is 12.9. The largest absolute Gasteiger partial charge is 0.456 e. The second-order valence-corrected chi connectivity index (χ2v) is 15.2. The maximum atomic E-state index is 6.28. The fraction of sp³-hybridized carbons (Fsp3) is 0. The molecule has 2 heterocycles. The number of hydrogen-bond acceptors (Lipinski definition) is 3. The van der Waals surface area contributed by atoms with Crippen molar-refractivity contribution in [1.29, 1.82) is 0 Å². The molecular weight excluding hydrogens is 687 g/mol. The quantitative estimate of drug-likeness (QED) is 0.170. The molecule has 0 saturated carbocycles. The van der Waals surface area contributed by atoms with Crippen LogP contribution in [0, 0.1) is 0 Å². The van der Waals surface area contributed by atoms with E-state index in [1.165, 1.54) is 53.2 Å². The smallest absolute Gasteiger partial charge is 0.136 e. The summed E-state index contributed by atoms with van der Waals surface area (Å²) in [5, 5.41) is 7.28. The van der Waals surface area contributed by atoms with Crippen molar-refractivity contribution in [3.63, 3.8) is 0 Å². The molecule has 11 aromatic rings. The third-order valence-corrected chi connectivity index (χ3v) is 12.0. The van der Waals surface area contributed by atoms with Gasteiger partial charge in [-0.15, -0.1) is 11.3 Å². The molecule has 0 aliphatic heterocycles. The van der Waals surface area contributed by atoms with Gasteiger partial charge < -0.3 is 9.32 Å². The Labute approximate surface area is 322 Å². The summed E-state index contributed by atoms with van der Waals surface area (Å²) in [7, 11) is 0. The minimum absolute atomic E-state index is 0.901. The van der Waals surface area contributed by atoms with Crippen molar-refractivity contribution in [3.8, 4) is 33.4 Å². The standard InChI is InChI=1S/C52H33NOS/c1-2-13-35(14-3-1)41-31-28-39(38-25-24-34-12-4-5-15-37(34)32-38)33-46(41)53(45-19-11-23-50-52(45)44-17-7-9-22-49(44)55-50)40-29-26-36(27-30-40)42-18-10-21-48-51(42)43-16-6-8-20-47(43)54-48/h1-33H. The number of rotatable bonds is 6. The van der Waals surface area contributed by atoms with Crippen LogP contribution in [0.15, 0.2) is 205 Å². The van der Waals surface area contributed by atoms with Crippen LogP contribution in [0.25, 0.3) is 86.3 Å². The molecule has 0 aliphatic rings. The number of furan rings is 1. The monoisotopic (exact) mass is 719 g/mol. The fourth-order valence-corrected chi connectivity index (χ4v) is 9.41. The molecule has 9 aromatic carbocycles. The fourth-order valence-electron chi connectivity index (χ4n) is 8.28. The van der Waals surface area contributed by atoms with Crippen molar-refractivity contribution in [2.45, 2.75) is 0 Å². The van der Waals surface area contributed by atoms with Gasteiger partial charge in [0.25, 0.3) is 0 Å². The van der Waals surface area contributed by atoms with Gasteiger partial charge in [0.05, 0.1) is 11.4 Å². The molecule has 0 fully saturated rings. The van der Waals surface area contributed by atoms with E-state index >= 15 is 0 Å². The molecule has 0 amide bonds. The van der Waals surface area contributed by atoms with Crippen LogP contribution in [0.4, 0.5) is 17.1 Å². The van der Waals surface area contributed by atoms with Gasteiger partial charge in [-0.1, -0.05) is 146 Å². The molecule has 2 aromatic heterocycles. The Balaban J connectivity index is 1.16. The Morgan fingerprint density at radius 1 is 0.364 bits per heavy atom. The van der Waals surface area contributed by atoms with Gasteiger partial charge in [-0.3, -0.25) is 0 Å². The van der Waals surface area contributed by atoms with Crippen LogP contribution in [-0.2, 0) is 0 Å². The summed E-state index contributed by atoms with van der Waals surface area (Å²) in [6, 6.07) is 72.4. The van der Waals surface area contributed by atoms with Gasteiger partial charge in [0.1, 0.15) is 11.2 Å². The lowest BCUT2D eigenvalue weighted by Gasteiger charge is -2.29. The van der Waals surface area contributed by atoms with E-state index in [1.807, 2.05) is 23.5 Å². The first-order chi connectivity index (χ1) is 27.3. The van der Waals surface area contributed by atoms with Crippen molar-refractivity contribution in [2.24, 2.45) is 0 Å². The van der Waals surface area contributed by atoms with Crippen LogP contribution < -0.4 is 4.90 Å². The van der Waals surface area contributed by atoms with Crippen LogP contribution in [0.3, 0.4) is 0 Å². The Bertz CT molecular complexity index is 3210. The summed E-state index contributed by atoms with van der Waals surface area (Å²) in [6.45, 7) is 0. The first kappa shape index (κ1) is 31.6. The van der Waals surface area contributed by atoms with Gasteiger partial charge in [0.15, 0.2) is 0 Å². The lowest BCUT2D eigenvalue weighted by molar-refractivity contribution is 0.669. The Kier molecular flexibility index (Phi) is 7.39. The third kappa shape index (κ3) is 5.32. The van der Waals surface area contributed by atoms with Crippen molar-refractivity contribution in [1.82, 2.24) is 0 Å². The second-order valence-electron chi connectivity index (χ2n) is 14.1. The molecule has 3 heteroatoms. The average molecular weight is 720 g/mol. The molecule has 0 atom stereocenters. The van der Waals surface area contributed by atoms with Crippen molar-refractivity contribution >= 4 is 81.3 Å². The van der Waals surface area contributed by atoms with E-state index in [9.17, 15) is 0 Å². The van der Waals surface area contributed by atoms with E-state index in [-0.39, 0.29) is 0 Å². The number of benzene rings is 9. The van der Waals surface area contributed by atoms with Crippen LogP contribution in [-0.4, -0.2) is 0 Å². The van der Waals surface area contributed by atoms with E-state index < -0.39 is 0 Å². The molecule has 0 saturated heterocycles. The first-order valence-electron chi connectivity index (χ1n) is 18.7. The van der Waals surface area contributed by atoms with Gasteiger partial charge in [-0.25, -0.2) is 0 Å². The zero-order valence-corrected chi connectivity index (χ0v) is 30.6. The lowest BCUT2D eigenvalue weighted by Crippen LogP contribution is -2.12. The number of nitrogens with zero attached hydrogens (tertiary/aromatic N) is 1. The number of anilines is 3. The van der Waals surface area contributed by atoms with Crippen molar-refractivity contribution < 1.29 is 4.42 Å². The summed E-state index contributed by atoms with van der Waals surface area (Å²) in [5.74, 6) is 0. The SMILES string of the molecule is c1ccc(-c2ccc(-c3ccc4ccccc4c3)cc2N(c2ccc(-c3cccc4oc5ccccc5c34)cc2)c2cccc3sc4ccccc4c23)cc1. The minimum atomic E-state index is 0.901. The number of para-hydroxylation sites is 1. The van der Waals surface area contributed by atoms with Gasteiger partial charge in [0, 0.05) is 42.2 Å². The Hall–Kier alpha value is -6.94.